The number of benzene rings is 2. The molecule has 34 heavy (non-hydrogen) atoms. The molecule has 0 fully saturated rings. The van der Waals surface area contributed by atoms with E-state index in [1.165, 1.54) is 31.2 Å². The summed E-state index contributed by atoms with van der Waals surface area (Å²) >= 11 is 4.70. The van der Waals surface area contributed by atoms with Crippen molar-refractivity contribution in [2.45, 2.75) is 5.16 Å². The molecule has 4 rings (SSSR count). The van der Waals surface area contributed by atoms with Crippen LogP contribution in [-0.4, -0.2) is 49.8 Å². The number of nitrogens with zero attached hydrogens (tertiary/aromatic N) is 5. The van der Waals surface area contributed by atoms with E-state index in [9.17, 15) is 9.90 Å². The number of amides is 1. The molecule has 9 nitrogen and oxygen atoms in total. The van der Waals surface area contributed by atoms with Gasteiger partial charge in [-0.1, -0.05) is 27.7 Å². The number of hydrogen-bond acceptors (Lipinski definition) is 8. The molecule has 0 radical (unpaired) electrons. The maximum Gasteiger partial charge on any atom is 0.250 e. The second kappa shape index (κ2) is 10.9. The van der Waals surface area contributed by atoms with E-state index >= 15 is 0 Å². The summed E-state index contributed by atoms with van der Waals surface area (Å²) in [6, 6.07) is 16.2. The van der Waals surface area contributed by atoms with Crippen LogP contribution in [0.3, 0.4) is 0 Å². The van der Waals surface area contributed by atoms with Crippen molar-refractivity contribution in [1.82, 2.24) is 25.2 Å². The summed E-state index contributed by atoms with van der Waals surface area (Å²) in [7, 11) is 1.46. The van der Waals surface area contributed by atoms with Crippen molar-refractivity contribution in [1.29, 1.82) is 0 Å². The average molecular weight is 539 g/mol. The topological polar surface area (TPSA) is 115 Å². The Balaban J connectivity index is 1.48. The molecule has 4 aromatic rings. The van der Waals surface area contributed by atoms with Gasteiger partial charge in [0.15, 0.2) is 22.5 Å². The zero-order valence-electron chi connectivity index (χ0n) is 17.9. The van der Waals surface area contributed by atoms with E-state index in [4.69, 9.17) is 4.74 Å². The summed E-state index contributed by atoms with van der Waals surface area (Å²) in [5.41, 5.74) is 4.88. The molecule has 0 aliphatic rings. The Kier molecular flexibility index (Phi) is 7.55. The highest BCUT2D eigenvalue weighted by molar-refractivity contribution is 9.10. The van der Waals surface area contributed by atoms with Crippen molar-refractivity contribution in [2.75, 3.05) is 12.9 Å². The van der Waals surface area contributed by atoms with E-state index in [0.29, 0.717) is 22.3 Å². The van der Waals surface area contributed by atoms with Crippen LogP contribution in [0.2, 0.25) is 0 Å². The molecule has 1 amide bonds. The molecular weight excluding hydrogens is 520 g/mol. The number of rotatable bonds is 8. The SMILES string of the molecule is COc1cc(/C=N\NC(=O)CSc2nnc(-c3ccncc3)n2-c2ccc(Br)cc2)ccc1O. The lowest BCUT2D eigenvalue weighted by molar-refractivity contribution is -0.118. The Morgan fingerprint density at radius 1 is 1.18 bits per heavy atom. The minimum absolute atomic E-state index is 0.0288. The Morgan fingerprint density at radius 3 is 2.68 bits per heavy atom. The van der Waals surface area contributed by atoms with Crippen LogP contribution in [0, 0.1) is 0 Å². The molecule has 172 valence electrons. The van der Waals surface area contributed by atoms with Crippen LogP contribution in [0.25, 0.3) is 17.1 Å². The van der Waals surface area contributed by atoms with Gasteiger partial charge in [0.25, 0.3) is 5.91 Å². The van der Waals surface area contributed by atoms with Crippen LogP contribution in [0.4, 0.5) is 0 Å². The summed E-state index contributed by atoms with van der Waals surface area (Å²) in [5, 5.41) is 22.9. The third kappa shape index (κ3) is 5.61. The number of halogens is 1. The van der Waals surface area contributed by atoms with Crippen LogP contribution in [-0.2, 0) is 4.79 Å². The van der Waals surface area contributed by atoms with Crippen molar-refractivity contribution >= 4 is 39.8 Å². The first-order valence-corrected chi connectivity index (χ1v) is 11.8. The minimum Gasteiger partial charge on any atom is -0.504 e. The number of carbonyl (C=O) groups excluding carboxylic acids is 1. The third-order valence-corrected chi connectivity index (χ3v) is 6.05. The number of phenols is 1. The first-order chi connectivity index (χ1) is 16.5. The predicted molar refractivity (Wildman–Crippen MR) is 133 cm³/mol. The highest BCUT2D eigenvalue weighted by atomic mass is 79.9. The summed E-state index contributed by atoms with van der Waals surface area (Å²) < 4.78 is 7.91. The van der Waals surface area contributed by atoms with E-state index in [-0.39, 0.29) is 17.4 Å². The number of hydrazone groups is 1. The van der Waals surface area contributed by atoms with Crippen LogP contribution in [0.15, 0.2) is 81.7 Å². The number of hydrogen-bond donors (Lipinski definition) is 2. The molecule has 2 aromatic carbocycles. The fourth-order valence-corrected chi connectivity index (χ4v) is 4.00. The zero-order valence-corrected chi connectivity index (χ0v) is 20.3. The maximum absolute atomic E-state index is 12.4. The number of methoxy groups -OCH3 is 1. The minimum atomic E-state index is -0.303. The highest BCUT2D eigenvalue weighted by Gasteiger charge is 2.17. The van der Waals surface area contributed by atoms with E-state index in [0.717, 1.165) is 15.7 Å². The Bertz CT molecular complexity index is 1310. The van der Waals surface area contributed by atoms with E-state index in [1.54, 1.807) is 24.5 Å². The lowest BCUT2D eigenvalue weighted by Gasteiger charge is -2.10. The number of carbonyl (C=O) groups is 1. The molecule has 2 N–H and O–H groups in total. The molecule has 0 atom stereocenters. The number of thioether (sulfide) groups is 1. The standard InChI is InChI=1S/C23H19BrN6O3S/c1-33-20-12-15(2-7-19(20)31)13-26-27-21(32)14-34-23-29-28-22(16-8-10-25-11-9-16)30(23)18-5-3-17(24)4-6-18/h2-13,31H,14H2,1H3,(H,27,32)/b26-13-. The molecule has 0 saturated heterocycles. The lowest BCUT2D eigenvalue weighted by atomic mass is 10.2. The van der Waals surface area contributed by atoms with E-state index in [2.05, 4.69) is 41.6 Å². The van der Waals surface area contributed by atoms with Gasteiger partial charge in [-0.15, -0.1) is 10.2 Å². The summed E-state index contributed by atoms with van der Waals surface area (Å²) in [5.74, 6) is 0.778. The summed E-state index contributed by atoms with van der Waals surface area (Å²) in [6.07, 6.45) is 4.85. The summed E-state index contributed by atoms with van der Waals surface area (Å²) in [4.78, 5) is 16.4. The van der Waals surface area contributed by atoms with Gasteiger partial charge in [0.1, 0.15) is 0 Å². The van der Waals surface area contributed by atoms with Gasteiger partial charge in [0.05, 0.1) is 19.1 Å². The summed E-state index contributed by atoms with van der Waals surface area (Å²) in [6.45, 7) is 0. The van der Waals surface area contributed by atoms with E-state index < -0.39 is 0 Å². The van der Waals surface area contributed by atoms with Gasteiger partial charge in [-0.25, -0.2) is 5.43 Å². The van der Waals surface area contributed by atoms with Crippen LogP contribution in [0.5, 0.6) is 11.5 Å². The zero-order chi connectivity index (χ0) is 23.9. The van der Waals surface area contributed by atoms with Crippen molar-refractivity contribution in [3.05, 3.63) is 77.0 Å². The van der Waals surface area contributed by atoms with Gasteiger partial charge in [0, 0.05) is 28.1 Å². The molecule has 0 saturated carbocycles. The fourth-order valence-electron chi connectivity index (χ4n) is 2.99. The Hall–Kier alpha value is -3.70. The normalized spacial score (nSPS) is 11.0. The lowest BCUT2D eigenvalue weighted by Crippen LogP contribution is -2.20. The van der Waals surface area contributed by atoms with Crippen molar-refractivity contribution < 1.29 is 14.6 Å². The second-order valence-electron chi connectivity index (χ2n) is 6.87. The number of ether oxygens (including phenoxy) is 1. The van der Waals surface area contributed by atoms with Crippen LogP contribution >= 0.6 is 27.7 Å². The first kappa shape index (κ1) is 23.5. The van der Waals surface area contributed by atoms with Crippen molar-refractivity contribution in [3.8, 4) is 28.6 Å². The quantitative estimate of drug-likeness (QED) is 0.197. The molecule has 11 heteroatoms. The van der Waals surface area contributed by atoms with Crippen molar-refractivity contribution in [3.63, 3.8) is 0 Å². The molecule has 0 spiro atoms. The largest absolute Gasteiger partial charge is 0.504 e. The van der Waals surface area contributed by atoms with Gasteiger partial charge in [-0.3, -0.25) is 14.3 Å². The molecule has 0 unspecified atom stereocenters. The smallest absolute Gasteiger partial charge is 0.250 e. The number of nitrogens with one attached hydrogen (secondary N) is 1. The number of phenolic OH excluding ortho intramolecular Hbond substituents is 1. The van der Waals surface area contributed by atoms with Crippen LogP contribution < -0.4 is 10.2 Å². The highest BCUT2D eigenvalue weighted by Crippen LogP contribution is 2.28. The van der Waals surface area contributed by atoms with Gasteiger partial charge in [0.2, 0.25) is 0 Å². The molecular formula is C23H19BrN6O3S. The van der Waals surface area contributed by atoms with Crippen LogP contribution in [0.1, 0.15) is 5.56 Å². The predicted octanol–water partition coefficient (Wildman–Crippen LogP) is 4.05. The monoisotopic (exact) mass is 538 g/mol. The Labute approximate surface area is 208 Å². The second-order valence-corrected chi connectivity index (χ2v) is 8.73. The van der Waals surface area contributed by atoms with E-state index in [1.807, 2.05) is 41.0 Å². The van der Waals surface area contributed by atoms with Gasteiger partial charge < -0.3 is 9.84 Å². The molecule has 0 bridgehead atoms. The molecule has 0 aliphatic heterocycles. The molecule has 2 heterocycles. The number of aromatic hydroxyl groups is 1. The van der Waals surface area contributed by atoms with Gasteiger partial charge >= 0.3 is 0 Å². The maximum atomic E-state index is 12.4. The first-order valence-electron chi connectivity index (χ1n) is 9.98. The van der Waals surface area contributed by atoms with Gasteiger partial charge in [-0.05, 0) is 60.2 Å². The van der Waals surface area contributed by atoms with Crippen molar-refractivity contribution in [2.24, 2.45) is 5.10 Å². The molecule has 0 aliphatic carbocycles. The fraction of sp³-hybridized carbons (Fsp3) is 0.0870. The van der Waals surface area contributed by atoms with Gasteiger partial charge in [-0.2, -0.15) is 5.10 Å². The Morgan fingerprint density at radius 2 is 1.94 bits per heavy atom. The third-order valence-electron chi connectivity index (χ3n) is 4.60. The number of pyridine rings is 1. The average Bonchev–Trinajstić information content (AvgIpc) is 3.29. The number of aromatic nitrogens is 4. The molecule has 2 aromatic heterocycles.